The maximum atomic E-state index is 13.0. The number of carbonyl (C=O) groups is 2. The summed E-state index contributed by atoms with van der Waals surface area (Å²) in [4.78, 5) is 22.3. The summed E-state index contributed by atoms with van der Waals surface area (Å²) in [7, 11) is 0. The van der Waals surface area contributed by atoms with Crippen molar-refractivity contribution >= 4 is 41.7 Å². The fraction of sp³-hybridized carbons (Fsp3) is 0.125. The van der Waals surface area contributed by atoms with Gasteiger partial charge >= 0.3 is 147 Å². The van der Waals surface area contributed by atoms with Crippen LogP contribution < -0.4 is 18.7 Å². The number of para-hydroxylation sites is 1. The fourth-order valence-corrected chi connectivity index (χ4v) is 4.81. The predicted molar refractivity (Wildman–Crippen MR) is 91.9 cm³/mol. The molecule has 9 heteroatoms. The summed E-state index contributed by atoms with van der Waals surface area (Å²) < 4.78 is 22.6. The van der Waals surface area contributed by atoms with E-state index in [-0.39, 0.29) is 27.6 Å². The first-order valence-corrected chi connectivity index (χ1v) is 10.5. The Kier molecular flexibility index (Phi) is 6.03. The zero-order valence-corrected chi connectivity index (χ0v) is 15.4. The molecule has 0 aliphatic rings. The van der Waals surface area contributed by atoms with Gasteiger partial charge in [0.05, 0.1) is 0 Å². The summed E-state index contributed by atoms with van der Waals surface area (Å²) in [5.74, 6) is -0.429. The molecule has 2 aromatic carbocycles. The van der Waals surface area contributed by atoms with Crippen molar-refractivity contribution in [2.45, 2.75) is 13.8 Å². The molecule has 0 fully saturated rings. The van der Waals surface area contributed by atoms with Gasteiger partial charge in [0, 0.05) is 0 Å². The summed E-state index contributed by atoms with van der Waals surface area (Å²) in [6.45, 7) is 2.68. The van der Waals surface area contributed by atoms with Crippen molar-refractivity contribution in [3.63, 3.8) is 0 Å². The fourth-order valence-electron chi connectivity index (χ4n) is 2.06. The molecule has 3 N–H and O–H groups in total. The van der Waals surface area contributed by atoms with Gasteiger partial charge < -0.3 is 0 Å². The molecule has 0 spiro atoms. The number of nitrogens with one attached hydrogen (secondary N) is 2. The molecular weight excluding hydrogens is 391 g/mol. The SMILES string of the molecule is CC(=O)Nc1ccc(O[As](=O)(OO)c2ccccc2NC(C)=O)cc1. The molecule has 132 valence electrons. The second kappa shape index (κ2) is 8.02. The second-order valence-corrected chi connectivity index (χ2v) is 8.90. The standard InChI is InChI=1S/C16H17AsN2O6/c1-11(20)18-13-7-9-14(10-8-13)24-17(22,25-23)15-5-3-4-6-16(15)19-12(2)21/h3-10,23H,1-2H3,(H,18,20)(H,19,21). The molecule has 0 saturated heterocycles. The molecule has 0 heterocycles. The van der Waals surface area contributed by atoms with Gasteiger partial charge in [-0.05, 0) is 0 Å². The van der Waals surface area contributed by atoms with E-state index in [1.54, 1.807) is 24.3 Å². The van der Waals surface area contributed by atoms with E-state index in [1.165, 1.54) is 38.1 Å². The summed E-state index contributed by atoms with van der Waals surface area (Å²) in [5.41, 5.74) is 0.756. The van der Waals surface area contributed by atoms with Gasteiger partial charge in [-0.15, -0.1) is 0 Å². The number of benzene rings is 2. The Labute approximate surface area is 147 Å². The third-order valence-corrected chi connectivity index (χ3v) is 6.47. The molecule has 25 heavy (non-hydrogen) atoms. The van der Waals surface area contributed by atoms with E-state index in [1.807, 2.05) is 0 Å². The molecule has 1 atom stereocenters. The molecule has 8 nitrogen and oxygen atoms in total. The molecule has 0 radical (unpaired) electrons. The van der Waals surface area contributed by atoms with Gasteiger partial charge in [0.25, 0.3) is 0 Å². The predicted octanol–water partition coefficient (Wildman–Crippen LogP) is 1.75. The molecule has 0 aromatic heterocycles. The summed E-state index contributed by atoms with van der Waals surface area (Å²) in [6.07, 6.45) is 0. The number of rotatable bonds is 6. The molecular formula is C16H17AsN2O6. The zero-order chi connectivity index (χ0) is 18.4. The average molecular weight is 408 g/mol. The zero-order valence-electron chi connectivity index (χ0n) is 13.6. The number of carbonyl (C=O) groups excluding carboxylic acids is 2. The molecule has 1 unspecified atom stereocenters. The molecule has 0 aliphatic carbocycles. The topological polar surface area (TPSA) is 114 Å². The Bertz CT molecular complexity index is 822. The second-order valence-electron chi connectivity index (χ2n) is 5.07. The molecule has 0 saturated carbocycles. The number of hydrogen-bond acceptors (Lipinski definition) is 6. The quantitative estimate of drug-likeness (QED) is 0.381. The number of hydrogen-bond donors (Lipinski definition) is 3. The Morgan fingerprint density at radius 2 is 1.56 bits per heavy atom. The van der Waals surface area contributed by atoms with Gasteiger partial charge in [-0.25, -0.2) is 0 Å². The normalized spacial score (nSPS) is 12.8. The van der Waals surface area contributed by atoms with Crippen LogP contribution in [0.15, 0.2) is 48.5 Å². The first-order valence-electron chi connectivity index (χ1n) is 7.21. The van der Waals surface area contributed by atoms with Crippen molar-refractivity contribution < 1.29 is 26.2 Å². The van der Waals surface area contributed by atoms with Gasteiger partial charge in [0.15, 0.2) is 0 Å². The van der Waals surface area contributed by atoms with E-state index in [0.717, 1.165) is 0 Å². The minimum atomic E-state index is -4.90. The molecule has 2 aromatic rings. The van der Waals surface area contributed by atoms with E-state index in [9.17, 15) is 18.6 Å². The van der Waals surface area contributed by atoms with Crippen LogP contribution in [0.25, 0.3) is 0 Å². The van der Waals surface area contributed by atoms with Gasteiger partial charge in [0.1, 0.15) is 0 Å². The average Bonchev–Trinajstić information content (AvgIpc) is 2.56. The first kappa shape index (κ1) is 18.8. The van der Waals surface area contributed by atoms with Crippen LogP contribution in [0.3, 0.4) is 0 Å². The van der Waals surface area contributed by atoms with Crippen LogP contribution in [-0.4, -0.2) is 31.2 Å². The Morgan fingerprint density at radius 1 is 0.960 bits per heavy atom. The van der Waals surface area contributed by atoms with E-state index in [0.29, 0.717) is 5.69 Å². The Balaban J connectivity index is 2.30. The van der Waals surface area contributed by atoms with E-state index >= 15 is 0 Å². The van der Waals surface area contributed by atoms with Crippen molar-refractivity contribution in [3.8, 4) is 5.75 Å². The monoisotopic (exact) mass is 408 g/mol. The molecule has 2 rings (SSSR count). The van der Waals surface area contributed by atoms with E-state index < -0.39 is 14.2 Å². The third-order valence-electron chi connectivity index (χ3n) is 3.02. The maximum absolute atomic E-state index is 13.0. The van der Waals surface area contributed by atoms with E-state index in [4.69, 9.17) is 3.73 Å². The Hall–Kier alpha value is -2.54. The minimum absolute atomic E-state index is 0.0595. The van der Waals surface area contributed by atoms with Gasteiger partial charge in [-0.1, -0.05) is 0 Å². The van der Waals surface area contributed by atoms with Gasteiger partial charge in [-0.2, -0.15) is 0 Å². The van der Waals surface area contributed by atoms with Crippen LogP contribution in [0.5, 0.6) is 5.75 Å². The summed E-state index contributed by atoms with van der Waals surface area (Å²) >= 11 is -4.90. The third kappa shape index (κ3) is 4.96. The summed E-state index contributed by atoms with van der Waals surface area (Å²) in [5, 5.41) is 14.3. The van der Waals surface area contributed by atoms with Crippen LogP contribution in [0.1, 0.15) is 13.8 Å². The molecule has 2 amide bonds. The van der Waals surface area contributed by atoms with Crippen LogP contribution in [-0.2, 0) is 17.2 Å². The van der Waals surface area contributed by atoms with Crippen molar-refractivity contribution in [1.82, 2.24) is 0 Å². The van der Waals surface area contributed by atoms with Crippen LogP contribution >= 0.6 is 0 Å². The number of amides is 2. The Morgan fingerprint density at radius 3 is 2.12 bits per heavy atom. The van der Waals surface area contributed by atoms with Crippen molar-refractivity contribution in [2.75, 3.05) is 10.6 Å². The van der Waals surface area contributed by atoms with Gasteiger partial charge in [-0.3, -0.25) is 0 Å². The van der Waals surface area contributed by atoms with Gasteiger partial charge in [0.2, 0.25) is 0 Å². The number of anilines is 2. The van der Waals surface area contributed by atoms with Crippen LogP contribution in [0, 0.1) is 0 Å². The van der Waals surface area contributed by atoms with Crippen LogP contribution in [0.4, 0.5) is 11.4 Å². The molecule has 0 aliphatic heterocycles. The van der Waals surface area contributed by atoms with E-state index in [2.05, 4.69) is 14.5 Å². The molecule has 0 bridgehead atoms. The van der Waals surface area contributed by atoms with Crippen molar-refractivity contribution in [2.24, 2.45) is 0 Å². The van der Waals surface area contributed by atoms with Crippen molar-refractivity contribution in [3.05, 3.63) is 48.5 Å². The van der Waals surface area contributed by atoms with Crippen molar-refractivity contribution in [1.29, 1.82) is 0 Å². The summed E-state index contributed by atoms with van der Waals surface area (Å²) in [6, 6.07) is 12.2. The van der Waals surface area contributed by atoms with Crippen LogP contribution in [0.2, 0.25) is 0 Å². The first-order chi connectivity index (χ1) is 11.8.